The molecule has 0 aliphatic carbocycles. The van der Waals surface area contributed by atoms with Gasteiger partial charge in [-0.15, -0.1) is 5.10 Å². The maximum atomic E-state index is 13.8. The zero-order chi connectivity index (χ0) is 19.3. The van der Waals surface area contributed by atoms with E-state index in [4.69, 9.17) is 0 Å². The summed E-state index contributed by atoms with van der Waals surface area (Å²) < 4.78 is 26.8. The Balaban J connectivity index is 1.44. The number of aromatic nitrogens is 3. The summed E-state index contributed by atoms with van der Waals surface area (Å²) in [5.41, 5.74) is 2.15. The van der Waals surface area contributed by atoms with Gasteiger partial charge in [0.05, 0.1) is 11.9 Å². The third-order valence-electron chi connectivity index (χ3n) is 4.60. The van der Waals surface area contributed by atoms with E-state index in [2.05, 4.69) is 42.8 Å². The lowest BCUT2D eigenvalue weighted by atomic mass is 10.1. The minimum Gasteiger partial charge on any atom is -0.372 e. The molecular formula is C20H20F2N6. The van der Waals surface area contributed by atoms with Crippen molar-refractivity contribution in [2.45, 2.75) is 19.3 Å². The summed E-state index contributed by atoms with van der Waals surface area (Å²) in [6, 6.07) is 11.4. The number of hydrogen-bond donors (Lipinski definition) is 2. The molecular weight excluding hydrogens is 362 g/mol. The lowest BCUT2D eigenvalue weighted by Crippen LogP contribution is -2.29. The van der Waals surface area contributed by atoms with Gasteiger partial charge >= 0.3 is 0 Å². The van der Waals surface area contributed by atoms with Gasteiger partial charge in [-0.3, -0.25) is 0 Å². The summed E-state index contributed by atoms with van der Waals surface area (Å²) >= 11 is 0. The first-order valence-electron chi connectivity index (χ1n) is 9.21. The second kappa shape index (κ2) is 8.16. The third kappa shape index (κ3) is 4.33. The monoisotopic (exact) mass is 382 g/mol. The fourth-order valence-corrected chi connectivity index (χ4v) is 3.18. The van der Waals surface area contributed by atoms with Crippen LogP contribution in [0.3, 0.4) is 0 Å². The van der Waals surface area contributed by atoms with E-state index < -0.39 is 11.6 Å². The van der Waals surface area contributed by atoms with Gasteiger partial charge in [-0.2, -0.15) is 10.1 Å². The summed E-state index contributed by atoms with van der Waals surface area (Å²) in [4.78, 5) is 6.66. The van der Waals surface area contributed by atoms with Gasteiger partial charge < -0.3 is 15.5 Å². The van der Waals surface area contributed by atoms with Crippen molar-refractivity contribution in [3.63, 3.8) is 0 Å². The highest BCUT2D eigenvalue weighted by Crippen LogP contribution is 2.24. The number of piperidine rings is 1. The van der Waals surface area contributed by atoms with E-state index in [0.717, 1.165) is 30.9 Å². The van der Waals surface area contributed by atoms with Gasteiger partial charge in [-0.05, 0) is 55.7 Å². The highest BCUT2D eigenvalue weighted by Gasteiger charge is 2.11. The molecule has 6 nitrogen and oxygen atoms in total. The van der Waals surface area contributed by atoms with Crippen molar-refractivity contribution in [3.05, 3.63) is 60.3 Å². The molecule has 4 rings (SSSR count). The van der Waals surface area contributed by atoms with Crippen LogP contribution in [-0.2, 0) is 0 Å². The van der Waals surface area contributed by atoms with Crippen LogP contribution in [0.1, 0.15) is 19.3 Å². The van der Waals surface area contributed by atoms with Crippen LogP contribution in [0.4, 0.5) is 37.6 Å². The van der Waals surface area contributed by atoms with Crippen LogP contribution in [0.25, 0.3) is 0 Å². The van der Waals surface area contributed by atoms with Gasteiger partial charge in [0.2, 0.25) is 5.95 Å². The van der Waals surface area contributed by atoms with Crippen LogP contribution >= 0.6 is 0 Å². The number of hydrogen-bond acceptors (Lipinski definition) is 6. The first-order valence-corrected chi connectivity index (χ1v) is 9.21. The number of nitrogens with zero attached hydrogens (tertiary/aromatic N) is 4. The zero-order valence-electron chi connectivity index (χ0n) is 15.2. The number of halogens is 2. The minimum absolute atomic E-state index is 0.0752. The summed E-state index contributed by atoms with van der Waals surface area (Å²) in [7, 11) is 0. The van der Waals surface area contributed by atoms with Crippen molar-refractivity contribution in [3.8, 4) is 0 Å². The molecule has 0 saturated carbocycles. The van der Waals surface area contributed by atoms with Crippen molar-refractivity contribution >= 4 is 28.8 Å². The Labute approximate surface area is 161 Å². The number of anilines is 5. The van der Waals surface area contributed by atoms with E-state index in [0.29, 0.717) is 5.82 Å². The van der Waals surface area contributed by atoms with Crippen molar-refractivity contribution in [2.24, 2.45) is 0 Å². The van der Waals surface area contributed by atoms with E-state index in [1.807, 2.05) is 12.1 Å². The van der Waals surface area contributed by atoms with Crippen molar-refractivity contribution < 1.29 is 8.78 Å². The van der Waals surface area contributed by atoms with Gasteiger partial charge in [0.25, 0.3) is 0 Å². The molecule has 1 aromatic heterocycles. The molecule has 1 saturated heterocycles. The molecule has 2 N–H and O–H groups in total. The van der Waals surface area contributed by atoms with E-state index in [1.54, 1.807) is 0 Å². The predicted octanol–water partition coefficient (Wildman–Crippen LogP) is 4.63. The highest BCUT2D eigenvalue weighted by atomic mass is 19.1. The van der Waals surface area contributed by atoms with Gasteiger partial charge in [-0.1, -0.05) is 0 Å². The summed E-state index contributed by atoms with van der Waals surface area (Å²) in [6.07, 6.45) is 5.24. The Morgan fingerprint density at radius 3 is 2.43 bits per heavy atom. The molecule has 0 bridgehead atoms. The summed E-state index contributed by atoms with van der Waals surface area (Å²) in [5.74, 6) is -0.799. The van der Waals surface area contributed by atoms with Crippen LogP contribution in [0.15, 0.2) is 48.7 Å². The Kier molecular flexibility index (Phi) is 5.27. The molecule has 0 spiro atoms. The quantitative estimate of drug-likeness (QED) is 0.671. The van der Waals surface area contributed by atoms with Crippen LogP contribution < -0.4 is 15.5 Å². The lowest BCUT2D eigenvalue weighted by molar-refractivity contribution is 0.578. The molecule has 144 valence electrons. The zero-order valence-corrected chi connectivity index (χ0v) is 15.2. The van der Waals surface area contributed by atoms with Crippen molar-refractivity contribution in [1.29, 1.82) is 0 Å². The van der Waals surface area contributed by atoms with Gasteiger partial charge in [-0.25, -0.2) is 8.78 Å². The van der Waals surface area contributed by atoms with E-state index in [-0.39, 0.29) is 11.6 Å². The molecule has 3 aromatic rings. The van der Waals surface area contributed by atoms with Crippen LogP contribution in [0.5, 0.6) is 0 Å². The average molecular weight is 382 g/mol. The number of benzene rings is 2. The third-order valence-corrected chi connectivity index (χ3v) is 4.60. The normalized spacial score (nSPS) is 14.0. The SMILES string of the molecule is Fc1ccc(Nc2nncc(Nc3ccc(N4CCCCC4)cc3)n2)c(F)c1. The fraction of sp³-hybridized carbons (Fsp3) is 0.250. The molecule has 1 aliphatic heterocycles. The summed E-state index contributed by atoms with van der Waals surface area (Å²) in [6.45, 7) is 2.19. The molecule has 28 heavy (non-hydrogen) atoms. The Morgan fingerprint density at radius 1 is 0.893 bits per heavy atom. The summed E-state index contributed by atoms with van der Waals surface area (Å²) in [5, 5.41) is 13.6. The molecule has 2 heterocycles. The van der Waals surface area contributed by atoms with Crippen molar-refractivity contribution in [2.75, 3.05) is 28.6 Å². The number of rotatable bonds is 5. The first-order chi connectivity index (χ1) is 13.7. The maximum absolute atomic E-state index is 13.8. The van der Waals surface area contributed by atoms with E-state index >= 15 is 0 Å². The molecule has 8 heteroatoms. The highest BCUT2D eigenvalue weighted by molar-refractivity contribution is 5.62. The Morgan fingerprint density at radius 2 is 1.68 bits per heavy atom. The largest absolute Gasteiger partial charge is 0.372 e. The molecule has 0 radical (unpaired) electrons. The fourth-order valence-electron chi connectivity index (χ4n) is 3.18. The van der Waals surface area contributed by atoms with Gasteiger partial charge in [0, 0.05) is 30.5 Å². The Bertz CT molecular complexity index is 942. The van der Waals surface area contributed by atoms with Crippen LogP contribution in [0, 0.1) is 11.6 Å². The van der Waals surface area contributed by atoms with Crippen LogP contribution in [0.2, 0.25) is 0 Å². The van der Waals surface area contributed by atoms with Gasteiger partial charge in [0.15, 0.2) is 5.82 Å². The second-order valence-electron chi connectivity index (χ2n) is 6.63. The molecule has 1 fully saturated rings. The molecule has 1 aliphatic rings. The topological polar surface area (TPSA) is 66.0 Å². The smallest absolute Gasteiger partial charge is 0.249 e. The second-order valence-corrected chi connectivity index (χ2v) is 6.63. The first kappa shape index (κ1) is 18.1. The molecule has 0 amide bonds. The van der Waals surface area contributed by atoms with Crippen LogP contribution in [-0.4, -0.2) is 28.3 Å². The molecule has 0 unspecified atom stereocenters. The van der Waals surface area contributed by atoms with Gasteiger partial charge in [0.1, 0.15) is 11.6 Å². The van der Waals surface area contributed by atoms with E-state index in [9.17, 15) is 8.78 Å². The Hall–Kier alpha value is -3.29. The minimum atomic E-state index is -0.727. The average Bonchev–Trinajstić information content (AvgIpc) is 2.72. The maximum Gasteiger partial charge on any atom is 0.249 e. The molecule has 0 atom stereocenters. The van der Waals surface area contributed by atoms with E-state index in [1.165, 1.54) is 37.2 Å². The standard InChI is InChI=1S/C20H20F2N6/c21-14-4-9-18(17(22)12-14)25-20-26-19(13-23-27-20)24-15-5-7-16(8-6-15)28-10-2-1-3-11-28/h4-9,12-13H,1-3,10-11H2,(H2,24,25,26,27). The van der Waals surface area contributed by atoms with Crippen molar-refractivity contribution in [1.82, 2.24) is 15.2 Å². The molecule has 2 aromatic carbocycles. The number of nitrogens with one attached hydrogen (secondary N) is 2. The lowest BCUT2D eigenvalue weighted by Gasteiger charge is -2.28. The predicted molar refractivity (Wildman–Crippen MR) is 105 cm³/mol.